The van der Waals surface area contributed by atoms with Crippen molar-refractivity contribution in [3.8, 4) is 0 Å². The topological polar surface area (TPSA) is 50.3 Å². The average molecular weight is 352 g/mol. The molecule has 2 aromatic carbocycles. The molecule has 0 radical (unpaired) electrons. The Labute approximate surface area is 152 Å². The standard InChI is InChI=1S/C19H20N4OS/c1-13-11-24-9-8-23(13)15-4-7-18-17(10-15)19(21-12-20-18)22-14-2-5-16(25)6-3-14/h2-7,10,12-13,25H,8-9,11H2,1H3,(H,20,21,22). The third-order valence-electron chi connectivity index (χ3n) is 4.45. The quantitative estimate of drug-likeness (QED) is 0.701. The van der Waals surface area contributed by atoms with Gasteiger partial charge in [0, 0.05) is 34.2 Å². The summed E-state index contributed by atoms with van der Waals surface area (Å²) in [7, 11) is 0. The molecule has 6 heteroatoms. The van der Waals surface area contributed by atoms with E-state index in [-0.39, 0.29) is 0 Å². The van der Waals surface area contributed by atoms with Crippen molar-refractivity contribution in [3.05, 3.63) is 48.8 Å². The summed E-state index contributed by atoms with van der Waals surface area (Å²) in [5.74, 6) is 0.805. The smallest absolute Gasteiger partial charge is 0.141 e. The number of morpholine rings is 1. The van der Waals surface area contributed by atoms with E-state index in [2.05, 4.69) is 57.9 Å². The van der Waals surface area contributed by atoms with Crippen LogP contribution in [0.4, 0.5) is 17.2 Å². The van der Waals surface area contributed by atoms with Crippen LogP contribution in [0.2, 0.25) is 0 Å². The Kier molecular flexibility index (Phi) is 4.46. The molecule has 0 spiro atoms. The fraction of sp³-hybridized carbons (Fsp3) is 0.263. The molecule has 4 rings (SSSR count). The number of aromatic nitrogens is 2. The van der Waals surface area contributed by atoms with E-state index in [0.717, 1.165) is 47.1 Å². The van der Waals surface area contributed by atoms with Crippen LogP contribution in [0.25, 0.3) is 10.9 Å². The average Bonchev–Trinajstić information content (AvgIpc) is 2.64. The highest BCUT2D eigenvalue weighted by Gasteiger charge is 2.19. The number of thiol groups is 1. The van der Waals surface area contributed by atoms with Crippen LogP contribution < -0.4 is 10.2 Å². The number of anilines is 3. The van der Waals surface area contributed by atoms with Crippen LogP contribution in [0.3, 0.4) is 0 Å². The molecule has 1 saturated heterocycles. The summed E-state index contributed by atoms with van der Waals surface area (Å²) in [6.45, 7) is 4.59. The van der Waals surface area contributed by atoms with Crippen LogP contribution in [0.1, 0.15) is 6.92 Å². The molecule has 0 aliphatic carbocycles. The number of rotatable bonds is 3. The molecule has 1 atom stereocenters. The Morgan fingerprint density at radius 3 is 2.80 bits per heavy atom. The Balaban J connectivity index is 1.71. The van der Waals surface area contributed by atoms with Crippen molar-refractivity contribution >= 4 is 40.7 Å². The monoisotopic (exact) mass is 352 g/mol. The van der Waals surface area contributed by atoms with Gasteiger partial charge in [-0.15, -0.1) is 12.6 Å². The predicted molar refractivity (Wildman–Crippen MR) is 104 cm³/mol. The summed E-state index contributed by atoms with van der Waals surface area (Å²) in [6, 6.07) is 14.6. The number of fused-ring (bicyclic) bond motifs is 1. The van der Waals surface area contributed by atoms with E-state index in [0.29, 0.717) is 6.04 Å². The number of nitrogens with zero attached hydrogens (tertiary/aromatic N) is 3. The number of hydrogen-bond donors (Lipinski definition) is 2. The van der Waals surface area contributed by atoms with Gasteiger partial charge in [0.25, 0.3) is 0 Å². The van der Waals surface area contributed by atoms with Crippen molar-refractivity contribution in [1.82, 2.24) is 9.97 Å². The lowest BCUT2D eigenvalue weighted by Crippen LogP contribution is -2.43. The van der Waals surface area contributed by atoms with Gasteiger partial charge in [-0.1, -0.05) is 0 Å². The second kappa shape index (κ2) is 6.90. The van der Waals surface area contributed by atoms with Crippen molar-refractivity contribution in [2.24, 2.45) is 0 Å². The first-order valence-corrected chi connectivity index (χ1v) is 8.80. The van der Waals surface area contributed by atoms with Gasteiger partial charge >= 0.3 is 0 Å². The molecule has 1 unspecified atom stereocenters. The minimum absolute atomic E-state index is 0.357. The van der Waals surface area contributed by atoms with Gasteiger partial charge in [-0.2, -0.15) is 0 Å². The van der Waals surface area contributed by atoms with Gasteiger partial charge in [-0.25, -0.2) is 9.97 Å². The number of benzene rings is 2. The summed E-state index contributed by atoms with van der Waals surface area (Å²) in [5, 5.41) is 4.40. The van der Waals surface area contributed by atoms with Gasteiger partial charge in [0.1, 0.15) is 12.1 Å². The molecule has 1 aromatic heterocycles. The van der Waals surface area contributed by atoms with Crippen LogP contribution in [0.5, 0.6) is 0 Å². The van der Waals surface area contributed by atoms with Crippen molar-refractivity contribution < 1.29 is 4.74 Å². The fourth-order valence-corrected chi connectivity index (χ4v) is 3.26. The predicted octanol–water partition coefficient (Wildman–Crippen LogP) is 3.89. The normalized spacial score (nSPS) is 17.7. The van der Waals surface area contributed by atoms with Crippen LogP contribution in [0.15, 0.2) is 53.7 Å². The van der Waals surface area contributed by atoms with Gasteiger partial charge in [-0.05, 0) is 49.4 Å². The van der Waals surface area contributed by atoms with Gasteiger partial charge in [0.15, 0.2) is 0 Å². The third kappa shape index (κ3) is 3.41. The molecule has 1 aliphatic rings. The molecule has 25 heavy (non-hydrogen) atoms. The molecule has 5 nitrogen and oxygen atoms in total. The Morgan fingerprint density at radius 1 is 1.16 bits per heavy atom. The Bertz CT molecular complexity index is 884. The SMILES string of the molecule is CC1COCCN1c1ccc2ncnc(Nc3ccc(S)cc3)c2c1. The molecular formula is C19H20N4OS. The van der Waals surface area contributed by atoms with Crippen LogP contribution >= 0.6 is 12.6 Å². The second-order valence-electron chi connectivity index (χ2n) is 6.21. The van der Waals surface area contributed by atoms with E-state index in [1.165, 1.54) is 5.69 Å². The van der Waals surface area contributed by atoms with Crippen LogP contribution in [0, 0.1) is 0 Å². The molecule has 0 bridgehead atoms. The van der Waals surface area contributed by atoms with E-state index in [1.807, 2.05) is 24.3 Å². The maximum absolute atomic E-state index is 5.55. The van der Waals surface area contributed by atoms with E-state index >= 15 is 0 Å². The zero-order chi connectivity index (χ0) is 17.2. The first-order valence-electron chi connectivity index (χ1n) is 8.36. The maximum Gasteiger partial charge on any atom is 0.141 e. The van der Waals surface area contributed by atoms with E-state index in [9.17, 15) is 0 Å². The van der Waals surface area contributed by atoms with Crippen LogP contribution in [-0.2, 0) is 4.74 Å². The lowest BCUT2D eigenvalue weighted by atomic mass is 10.1. The molecule has 1 N–H and O–H groups in total. The van der Waals surface area contributed by atoms with Crippen molar-refractivity contribution in [2.75, 3.05) is 30.0 Å². The molecule has 1 aliphatic heterocycles. The van der Waals surface area contributed by atoms with Crippen molar-refractivity contribution in [2.45, 2.75) is 17.9 Å². The largest absolute Gasteiger partial charge is 0.377 e. The highest BCUT2D eigenvalue weighted by molar-refractivity contribution is 7.80. The summed E-state index contributed by atoms with van der Waals surface area (Å²) >= 11 is 4.33. The zero-order valence-corrected chi connectivity index (χ0v) is 14.9. The highest BCUT2D eigenvalue weighted by Crippen LogP contribution is 2.29. The molecule has 1 fully saturated rings. The maximum atomic E-state index is 5.55. The summed E-state index contributed by atoms with van der Waals surface area (Å²) in [4.78, 5) is 12.1. The van der Waals surface area contributed by atoms with Gasteiger partial charge in [-0.3, -0.25) is 0 Å². The van der Waals surface area contributed by atoms with E-state index in [4.69, 9.17) is 4.74 Å². The van der Waals surface area contributed by atoms with Gasteiger partial charge in [0.05, 0.1) is 18.7 Å². The van der Waals surface area contributed by atoms with Crippen molar-refractivity contribution in [3.63, 3.8) is 0 Å². The lowest BCUT2D eigenvalue weighted by molar-refractivity contribution is 0.0989. The summed E-state index contributed by atoms with van der Waals surface area (Å²) in [5.41, 5.74) is 3.07. The highest BCUT2D eigenvalue weighted by atomic mass is 32.1. The number of ether oxygens (including phenoxy) is 1. The molecule has 2 heterocycles. The van der Waals surface area contributed by atoms with E-state index in [1.54, 1.807) is 6.33 Å². The Morgan fingerprint density at radius 2 is 2.00 bits per heavy atom. The fourth-order valence-electron chi connectivity index (χ4n) is 3.12. The molecule has 0 saturated carbocycles. The summed E-state index contributed by atoms with van der Waals surface area (Å²) < 4.78 is 5.55. The lowest BCUT2D eigenvalue weighted by Gasteiger charge is -2.35. The van der Waals surface area contributed by atoms with Crippen LogP contribution in [-0.4, -0.2) is 35.8 Å². The molecule has 0 amide bonds. The first kappa shape index (κ1) is 16.2. The molecule has 3 aromatic rings. The second-order valence-corrected chi connectivity index (χ2v) is 6.73. The van der Waals surface area contributed by atoms with E-state index < -0.39 is 0 Å². The third-order valence-corrected chi connectivity index (χ3v) is 4.75. The zero-order valence-electron chi connectivity index (χ0n) is 14.0. The minimum atomic E-state index is 0.357. The van der Waals surface area contributed by atoms with Gasteiger partial charge < -0.3 is 15.0 Å². The number of nitrogens with one attached hydrogen (secondary N) is 1. The Hall–Kier alpha value is -2.31. The minimum Gasteiger partial charge on any atom is -0.377 e. The molecule has 128 valence electrons. The first-order chi connectivity index (χ1) is 12.2. The van der Waals surface area contributed by atoms with Gasteiger partial charge in [0.2, 0.25) is 0 Å². The number of hydrogen-bond acceptors (Lipinski definition) is 6. The molecular weight excluding hydrogens is 332 g/mol. The summed E-state index contributed by atoms with van der Waals surface area (Å²) in [6.07, 6.45) is 1.59. The van der Waals surface area contributed by atoms with Crippen molar-refractivity contribution in [1.29, 1.82) is 0 Å².